The molecule has 0 aliphatic rings. The molecule has 1 aromatic carbocycles. The average Bonchev–Trinajstić information content (AvgIpc) is 2.85. The number of benzene rings is 1. The first kappa shape index (κ1) is 35.6. The van der Waals surface area contributed by atoms with Crippen LogP contribution in [0.2, 0.25) is 0 Å². The molecule has 41 heavy (non-hydrogen) atoms. The number of ether oxygens (including phenoxy) is 4. The van der Waals surface area contributed by atoms with Crippen molar-refractivity contribution in [2.75, 3.05) is 13.2 Å². The number of nitrogens with one attached hydrogen (secondary N) is 3. The van der Waals surface area contributed by atoms with E-state index < -0.39 is 74.0 Å². The average molecular weight is 596 g/mol. The van der Waals surface area contributed by atoms with Gasteiger partial charge in [0.25, 0.3) is 0 Å². The van der Waals surface area contributed by atoms with Crippen molar-refractivity contribution < 1.29 is 55.7 Å². The van der Waals surface area contributed by atoms with Crippen LogP contribution in [-0.2, 0) is 39.9 Å². The summed E-state index contributed by atoms with van der Waals surface area (Å²) in [6.45, 7) is -0.786. The van der Waals surface area contributed by atoms with E-state index in [1.807, 2.05) is 5.32 Å². The molecule has 0 saturated carbocycles. The maximum absolute atomic E-state index is 13.0. The number of hydrogen-bond donors (Lipinski definition) is 3. The maximum atomic E-state index is 13.0. The van der Waals surface area contributed by atoms with Crippen LogP contribution in [-0.4, -0.2) is 74.0 Å². The van der Waals surface area contributed by atoms with E-state index in [1.54, 1.807) is 44.2 Å². The first-order valence-corrected chi connectivity index (χ1v) is 12.7. The molecule has 0 saturated heterocycles. The van der Waals surface area contributed by atoms with Gasteiger partial charge < -0.3 is 34.9 Å². The van der Waals surface area contributed by atoms with Crippen molar-refractivity contribution in [1.29, 1.82) is 0 Å². The van der Waals surface area contributed by atoms with Crippen LogP contribution in [0.5, 0.6) is 0 Å². The van der Waals surface area contributed by atoms with Crippen LogP contribution in [0.3, 0.4) is 0 Å². The highest BCUT2D eigenvalue weighted by Crippen LogP contribution is 2.11. The molecule has 0 heterocycles. The molecule has 0 unspecified atom stereocenters. The fraction of sp³-hybridized carbons (Fsp3) is 0.615. The number of carbonyl (C=O) groups is 4. The van der Waals surface area contributed by atoms with Gasteiger partial charge >= 0.3 is 25.3 Å². The molecular weight excluding hydrogens is 558 g/mol. The number of rotatable bonds is 16. The summed E-state index contributed by atoms with van der Waals surface area (Å²) in [6, 6.07) is 3.82. The van der Waals surface area contributed by atoms with Gasteiger partial charge in [0.05, 0.1) is 13.2 Å². The highest BCUT2D eigenvalue weighted by Gasteiger charge is 2.32. The van der Waals surface area contributed by atoms with Crippen molar-refractivity contribution in [3.8, 4) is 0 Å². The summed E-state index contributed by atoms with van der Waals surface area (Å²) < 4.78 is 69.5. The summed E-state index contributed by atoms with van der Waals surface area (Å²) in [5.41, 5.74) is -0.330. The molecule has 15 heteroatoms. The number of hydrogen-bond acceptors (Lipinski definition) is 8. The fourth-order valence-electron chi connectivity index (χ4n) is 3.21. The summed E-state index contributed by atoms with van der Waals surface area (Å²) in [4.78, 5) is 50.8. The molecule has 232 valence electrons. The predicted molar refractivity (Wildman–Crippen MR) is 137 cm³/mol. The molecule has 3 N–H and O–H groups in total. The molecule has 0 bridgehead atoms. The van der Waals surface area contributed by atoms with Gasteiger partial charge in [0.2, 0.25) is 11.8 Å². The van der Waals surface area contributed by atoms with Gasteiger partial charge in [-0.2, -0.15) is 17.6 Å². The molecule has 0 aliphatic carbocycles. The second-order valence-electron chi connectivity index (χ2n) is 10.2. The molecule has 11 nitrogen and oxygen atoms in total. The minimum Gasteiger partial charge on any atom is -0.459 e. The molecular formula is C26H37F4N3O8. The Morgan fingerprint density at radius 1 is 0.780 bits per heavy atom. The molecule has 3 amide bonds. The summed E-state index contributed by atoms with van der Waals surface area (Å²) in [6.07, 6.45) is -1.07. The van der Waals surface area contributed by atoms with Gasteiger partial charge in [0.1, 0.15) is 30.3 Å². The summed E-state index contributed by atoms with van der Waals surface area (Å²) in [5.74, 6) is -3.29. The number of carbonyl (C=O) groups excluding carboxylic acids is 4. The Hall–Kier alpha value is -3.46. The number of esters is 1. The molecule has 0 spiro atoms. The SMILES string of the molecule is CC(C)C[C@H](NC(=O)[C@H](COC(F)F)NC(=O)[C@H](COC(F)F)NC(=O)OC(C)(C)C)C(=O)OCc1ccccc1. The summed E-state index contributed by atoms with van der Waals surface area (Å²) >= 11 is 0. The monoisotopic (exact) mass is 595 g/mol. The van der Waals surface area contributed by atoms with Crippen LogP contribution in [0.15, 0.2) is 30.3 Å². The zero-order valence-corrected chi connectivity index (χ0v) is 23.5. The lowest BCUT2D eigenvalue weighted by Crippen LogP contribution is -2.58. The van der Waals surface area contributed by atoms with Crippen LogP contribution >= 0.6 is 0 Å². The number of amides is 3. The highest BCUT2D eigenvalue weighted by atomic mass is 19.3. The minimum absolute atomic E-state index is 0.0963. The van der Waals surface area contributed by atoms with Crippen LogP contribution in [0, 0.1) is 5.92 Å². The molecule has 1 aromatic rings. The van der Waals surface area contributed by atoms with Gasteiger partial charge in [-0.15, -0.1) is 0 Å². The second-order valence-corrected chi connectivity index (χ2v) is 10.2. The number of alkyl carbamates (subject to hydrolysis) is 1. The van der Waals surface area contributed by atoms with Crippen molar-refractivity contribution in [2.45, 2.75) is 84.6 Å². The van der Waals surface area contributed by atoms with Gasteiger partial charge in [-0.3, -0.25) is 9.59 Å². The van der Waals surface area contributed by atoms with Crippen LogP contribution in [0.1, 0.15) is 46.6 Å². The first-order chi connectivity index (χ1) is 19.1. The number of alkyl halides is 4. The van der Waals surface area contributed by atoms with Crippen LogP contribution < -0.4 is 16.0 Å². The van der Waals surface area contributed by atoms with Gasteiger partial charge in [0.15, 0.2) is 0 Å². The van der Waals surface area contributed by atoms with E-state index in [0.717, 1.165) is 0 Å². The molecule has 0 aromatic heterocycles. The summed E-state index contributed by atoms with van der Waals surface area (Å²) in [7, 11) is 0. The molecule has 1 rings (SSSR count). The van der Waals surface area contributed by atoms with Crippen molar-refractivity contribution in [3.05, 3.63) is 35.9 Å². The van der Waals surface area contributed by atoms with E-state index in [2.05, 4.69) is 20.1 Å². The van der Waals surface area contributed by atoms with Crippen molar-refractivity contribution in [1.82, 2.24) is 16.0 Å². The highest BCUT2D eigenvalue weighted by molar-refractivity contribution is 5.93. The van der Waals surface area contributed by atoms with Crippen LogP contribution in [0.25, 0.3) is 0 Å². The lowest BCUT2D eigenvalue weighted by molar-refractivity contribution is -0.154. The maximum Gasteiger partial charge on any atom is 0.408 e. The van der Waals surface area contributed by atoms with Gasteiger partial charge in [-0.25, -0.2) is 9.59 Å². The lowest BCUT2D eigenvalue weighted by Gasteiger charge is -2.26. The lowest BCUT2D eigenvalue weighted by atomic mass is 10.0. The van der Waals surface area contributed by atoms with Gasteiger partial charge in [-0.05, 0) is 38.7 Å². The zero-order chi connectivity index (χ0) is 31.2. The standard InChI is InChI=1S/C26H37F4N3O8/c1-15(2)11-17(22(36)38-12-16-9-7-6-8-10-16)31-20(34)18(13-39-23(27)28)32-21(35)19(14-40-24(29)30)33-25(37)41-26(3,4)5/h6-10,15,17-19,23-24H,11-14H2,1-5H3,(H,31,34)(H,32,35)(H,33,37)/t17-,18-,19-/m0/s1. The largest absolute Gasteiger partial charge is 0.459 e. The van der Waals surface area contributed by atoms with Crippen molar-refractivity contribution in [2.24, 2.45) is 5.92 Å². The third-order valence-corrected chi connectivity index (χ3v) is 4.95. The van der Waals surface area contributed by atoms with E-state index in [4.69, 9.17) is 9.47 Å². The minimum atomic E-state index is -3.33. The second kappa shape index (κ2) is 17.4. The van der Waals surface area contributed by atoms with E-state index in [1.165, 1.54) is 20.8 Å². The number of halogens is 4. The quantitative estimate of drug-likeness (QED) is 0.196. The van der Waals surface area contributed by atoms with E-state index in [0.29, 0.717) is 5.56 Å². The fourth-order valence-corrected chi connectivity index (χ4v) is 3.21. The van der Waals surface area contributed by atoms with Gasteiger partial charge in [0, 0.05) is 0 Å². The molecule has 0 radical (unpaired) electrons. The Bertz CT molecular complexity index is 977. The Balaban J connectivity index is 3.05. The van der Waals surface area contributed by atoms with Crippen LogP contribution in [0.4, 0.5) is 22.4 Å². The van der Waals surface area contributed by atoms with Crippen molar-refractivity contribution in [3.63, 3.8) is 0 Å². The predicted octanol–water partition coefficient (Wildman–Crippen LogP) is 3.12. The Morgan fingerprint density at radius 3 is 1.73 bits per heavy atom. The third-order valence-electron chi connectivity index (χ3n) is 4.95. The van der Waals surface area contributed by atoms with Gasteiger partial charge in [-0.1, -0.05) is 44.2 Å². The molecule has 3 atom stereocenters. The van der Waals surface area contributed by atoms with E-state index in [-0.39, 0.29) is 18.9 Å². The normalized spacial score (nSPS) is 13.9. The molecule has 0 aliphatic heterocycles. The van der Waals surface area contributed by atoms with E-state index in [9.17, 15) is 36.7 Å². The Labute approximate surface area is 235 Å². The molecule has 0 fully saturated rings. The summed E-state index contributed by atoms with van der Waals surface area (Å²) in [5, 5.41) is 6.45. The Morgan fingerprint density at radius 2 is 1.27 bits per heavy atom. The zero-order valence-electron chi connectivity index (χ0n) is 23.5. The Kier molecular flexibility index (Phi) is 15.1. The first-order valence-electron chi connectivity index (χ1n) is 12.7. The van der Waals surface area contributed by atoms with E-state index >= 15 is 0 Å². The third kappa shape index (κ3) is 15.8. The van der Waals surface area contributed by atoms with Crippen molar-refractivity contribution >= 4 is 23.9 Å². The topological polar surface area (TPSA) is 141 Å². The smallest absolute Gasteiger partial charge is 0.408 e.